The molecule has 47 heavy (non-hydrogen) atoms. The molecule has 10 heteroatoms. The Kier molecular flexibility index (Phi) is 15.5. The molecule has 258 valence electrons. The van der Waals surface area contributed by atoms with Crippen LogP contribution in [0.15, 0.2) is 53.3 Å². The van der Waals surface area contributed by atoms with Crippen molar-refractivity contribution in [3.8, 4) is 5.75 Å². The molecular weight excluding hydrogens is 635 g/mol. The van der Waals surface area contributed by atoms with Crippen molar-refractivity contribution in [2.24, 2.45) is 0 Å². The van der Waals surface area contributed by atoms with Crippen LogP contribution in [0.1, 0.15) is 78.1 Å². The number of benzene rings is 2. The molecule has 0 spiro atoms. The van der Waals surface area contributed by atoms with Crippen molar-refractivity contribution in [2.45, 2.75) is 84.8 Å². The molecule has 3 aromatic rings. The maximum absolute atomic E-state index is 13.1. The Morgan fingerprint density at radius 2 is 1.53 bits per heavy atom. The van der Waals surface area contributed by atoms with E-state index in [1.807, 2.05) is 41.3 Å². The normalized spacial score (nSPS) is 13.7. The van der Waals surface area contributed by atoms with Crippen LogP contribution in [0.3, 0.4) is 0 Å². The summed E-state index contributed by atoms with van der Waals surface area (Å²) in [4.78, 5) is 32.6. The number of pyridine rings is 1. The number of nitrogens with zero attached hydrogens (tertiary/aromatic N) is 4. The first-order valence-electron chi connectivity index (χ1n) is 17.5. The molecule has 0 bridgehead atoms. The lowest BCUT2D eigenvalue weighted by molar-refractivity contribution is 0.0748. The summed E-state index contributed by atoms with van der Waals surface area (Å²) in [5.74, 6) is 0.698. The van der Waals surface area contributed by atoms with E-state index in [0.717, 1.165) is 108 Å². The average Bonchev–Trinajstić information content (AvgIpc) is 3.08. The van der Waals surface area contributed by atoms with Gasteiger partial charge in [0.05, 0.1) is 27.9 Å². The van der Waals surface area contributed by atoms with Crippen LogP contribution in [0, 0.1) is 0 Å². The van der Waals surface area contributed by atoms with Crippen molar-refractivity contribution < 1.29 is 14.3 Å². The topological polar surface area (TPSA) is 67.2 Å². The fourth-order valence-corrected chi connectivity index (χ4v) is 6.45. The quantitative estimate of drug-likeness (QED) is 0.117. The molecule has 2 heterocycles. The second-order valence-electron chi connectivity index (χ2n) is 12.4. The first-order valence-corrected chi connectivity index (χ1v) is 18.3. The molecule has 1 aromatic heterocycles. The number of aromatic nitrogens is 1. The van der Waals surface area contributed by atoms with Crippen molar-refractivity contribution in [1.82, 2.24) is 14.4 Å². The van der Waals surface area contributed by atoms with Crippen molar-refractivity contribution >= 4 is 45.9 Å². The highest BCUT2D eigenvalue weighted by molar-refractivity contribution is 6.43. The van der Waals surface area contributed by atoms with E-state index in [1.54, 1.807) is 6.07 Å². The minimum atomic E-state index is -0.357. The first-order chi connectivity index (χ1) is 22.9. The van der Waals surface area contributed by atoms with Gasteiger partial charge in [0.25, 0.3) is 5.56 Å². The maximum Gasteiger partial charge on any atom is 0.411 e. The average molecular weight is 688 g/mol. The summed E-state index contributed by atoms with van der Waals surface area (Å²) in [6, 6.07) is 14.9. The van der Waals surface area contributed by atoms with Gasteiger partial charge in [-0.3, -0.25) is 14.3 Å². The van der Waals surface area contributed by atoms with Gasteiger partial charge in [-0.15, -0.1) is 0 Å². The van der Waals surface area contributed by atoms with E-state index in [4.69, 9.17) is 32.7 Å². The molecule has 1 saturated heterocycles. The summed E-state index contributed by atoms with van der Waals surface area (Å²) in [5, 5.41) is 2.11. The highest BCUT2D eigenvalue weighted by Crippen LogP contribution is 2.33. The molecule has 1 aliphatic rings. The number of anilines is 1. The van der Waals surface area contributed by atoms with Crippen LogP contribution in [0.4, 0.5) is 10.5 Å². The predicted molar refractivity (Wildman–Crippen MR) is 194 cm³/mol. The van der Waals surface area contributed by atoms with Crippen LogP contribution in [0.25, 0.3) is 10.9 Å². The van der Waals surface area contributed by atoms with Gasteiger partial charge in [0, 0.05) is 51.4 Å². The van der Waals surface area contributed by atoms with Crippen LogP contribution >= 0.6 is 23.2 Å². The minimum Gasteiger partial charge on any atom is -0.494 e. The fourth-order valence-electron chi connectivity index (χ4n) is 6.03. The Hall–Kier alpha value is -2.94. The van der Waals surface area contributed by atoms with Crippen LogP contribution in [-0.4, -0.2) is 72.9 Å². The van der Waals surface area contributed by atoms with Gasteiger partial charge in [-0.1, -0.05) is 81.6 Å². The number of hydrogen-bond acceptors (Lipinski definition) is 6. The highest BCUT2D eigenvalue weighted by atomic mass is 35.5. The van der Waals surface area contributed by atoms with E-state index in [9.17, 15) is 9.59 Å². The Morgan fingerprint density at radius 1 is 0.830 bits per heavy atom. The van der Waals surface area contributed by atoms with Crippen molar-refractivity contribution in [2.75, 3.05) is 57.3 Å². The number of fused-ring (bicyclic) bond motifs is 1. The van der Waals surface area contributed by atoms with E-state index >= 15 is 0 Å². The third-order valence-electron chi connectivity index (χ3n) is 8.88. The molecule has 4 rings (SSSR count). The van der Waals surface area contributed by atoms with E-state index in [-0.39, 0.29) is 18.4 Å². The predicted octanol–water partition coefficient (Wildman–Crippen LogP) is 8.85. The zero-order valence-corrected chi connectivity index (χ0v) is 29.7. The summed E-state index contributed by atoms with van der Waals surface area (Å²) in [6.07, 6.45) is 10.3. The molecule has 0 radical (unpaired) electrons. The fraction of sp³-hybridized carbons (Fsp3) is 0.568. The van der Waals surface area contributed by atoms with Gasteiger partial charge in [0.2, 0.25) is 0 Å². The Morgan fingerprint density at radius 3 is 2.23 bits per heavy atom. The number of unbranched alkanes of at least 4 members (excludes halogenated alkanes) is 7. The maximum atomic E-state index is 13.1. The highest BCUT2D eigenvalue weighted by Gasteiger charge is 2.20. The number of halogens is 2. The Bertz CT molecular complexity index is 1450. The lowest BCUT2D eigenvalue weighted by Crippen LogP contribution is -2.46. The third kappa shape index (κ3) is 11.3. The number of rotatable bonds is 19. The number of piperazine rings is 1. The van der Waals surface area contributed by atoms with Gasteiger partial charge in [-0.2, -0.15) is 0 Å². The molecule has 0 atom stereocenters. The molecule has 0 N–H and O–H groups in total. The van der Waals surface area contributed by atoms with Gasteiger partial charge in [0.15, 0.2) is 6.73 Å². The van der Waals surface area contributed by atoms with Crippen molar-refractivity contribution in [1.29, 1.82) is 0 Å². The largest absolute Gasteiger partial charge is 0.494 e. The summed E-state index contributed by atoms with van der Waals surface area (Å²) in [5.41, 5.74) is 1.49. The monoisotopic (exact) mass is 686 g/mol. The number of carbonyl (C=O) groups is 1. The molecule has 0 aliphatic carbocycles. The zero-order chi connectivity index (χ0) is 33.4. The van der Waals surface area contributed by atoms with E-state index < -0.39 is 0 Å². The SMILES string of the molecule is CCCCCCN(CCCCCC)C(=O)OCn1c(=O)ccc2ccc(OCCCCN3CCN(c4cccc(Cl)c4Cl)CC3)cc21. The molecule has 0 unspecified atom stereocenters. The molecule has 8 nitrogen and oxygen atoms in total. The van der Waals surface area contributed by atoms with Crippen LogP contribution < -0.4 is 15.2 Å². The summed E-state index contributed by atoms with van der Waals surface area (Å²) >= 11 is 12.6. The third-order valence-corrected chi connectivity index (χ3v) is 9.69. The molecule has 1 aliphatic heterocycles. The lowest BCUT2D eigenvalue weighted by Gasteiger charge is -2.36. The molecule has 2 aromatic carbocycles. The van der Waals surface area contributed by atoms with Crippen molar-refractivity contribution in [3.05, 3.63) is 68.9 Å². The number of amides is 1. The second-order valence-corrected chi connectivity index (χ2v) is 13.2. The number of carbonyl (C=O) groups excluding carboxylic acids is 1. The number of hydrogen-bond donors (Lipinski definition) is 0. The summed E-state index contributed by atoms with van der Waals surface area (Å²) in [6.45, 7) is 11.0. The zero-order valence-electron chi connectivity index (χ0n) is 28.2. The molecule has 0 saturated carbocycles. The van der Waals surface area contributed by atoms with E-state index in [2.05, 4.69) is 23.6 Å². The van der Waals surface area contributed by atoms with Crippen LogP contribution in [-0.2, 0) is 11.5 Å². The van der Waals surface area contributed by atoms with Gasteiger partial charge in [0.1, 0.15) is 5.75 Å². The van der Waals surface area contributed by atoms with Crippen LogP contribution in [0.5, 0.6) is 5.75 Å². The number of ether oxygens (including phenoxy) is 2. The molecule has 1 fully saturated rings. The van der Waals surface area contributed by atoms with Gasteiger partial charge in [-0.25, -0.2) is 4.79 Å². The molecular formula is C37H52Cl2N4O4. The second kappa shape index (κ2) is 19.8. The summed E-state index contributed by atoms with van der Waals surface area (Å²) in [7, 11) is 0. The van der Waals surface area contributed by atoms with Gasteiger partial charge in [-0.05, 0) is 67.9 Å². The van der Waals surface area contributed by atoms with Gasteiger partial charge < -0.3 is 19.3 Å². The van der Waals surface area contributed by atoms with Gasteiger partial charge >= 0.3 is 6.09 Å². The Balaban J connectivity index is 1.25. The summed E-state index contributed by atoms with van der Waals surface area (Å²) < 4.78 is 13.4. The van der Waals surface area contributed by atoms with E-state index in [0.29, 0.717) is 41.0 Å². The molecule has 1 amide bonds. The standard InChI is InChI=1S/C37H52Cl2N4O4/c1-3-5-7-9-21-42(22-10-8-6-4-2)37(45)47-29-43-34-28-31(18-16-30(34)17-19-35(43)44)46-27-12-11-20-40-23-25-41(26-24-40)33-15-13-14-32(38)36(33)39/h13-19,28H,3-12,20-27,29H2,1-2H3. The van der Waals surface area contributed by atoms with Crippen LogP contribution in [0.2, 0.25) is 10.0 Å². The van der Waals surface area contributed by atoms with Crippen molar-refractivity contribution in [3.63, 3.8) is 0 Å². The first kappa shape index (κ1) is 36.9. The van der Waals surface area contributed by atoms with E-state index in [1.165, 1.54) is 10.6 Å². The minimum absolute atomic E-state index is 0.129. The smallest absolute Gasteiger partial charge is 0.411 e. The lowest BCUT2D eigenvalue weighted by atomic mass is 10.2. The Labute approximate surface area is 290 Å².